The number of halogens is 2. The van der Waals surface area contributed by atoms with Crippen LogP contribution in [0.3, 0.4) is 0 Å². The van der Waals surface area contributed by atoms with Crippen molar-refractivity contribution >= 4 is 23.3 Å². The molecule has 2 N–H and O–H groups in total. The molecular weight excluding hydrogens is 294 g/mol. The summed E-state index contributed by atoms with van der Waals surface area (Å²) in [6.07, 6.45) is 1.34. The van der Waals surface area contributed by atoms with Gasteiger partial charge in [-0.2, -0.15) is 10.1 Å². The zero-order valence-corrected chi connectivity index (χ0v) is 11.3. The number of anilines is 4. The molecule has 0 unspecified atom stereocenters. The van der Waals surface area contributed by atoms with Crippen LogP contribution in [0.5, 0.6) is 0 Å². The SMILES string of the molecule is Cc1cc(Nc2cnnc(Nc3c(F)cccc3F)n2)no1. The fourth-order valence-corrected chi connectivity index (χ4v) is 1.70. The van der Waals surface area contributed by atoms with E-state index in [2.05, 4.69) is 31.0 Å². The summed E-state index contributed by atoms with van der Waals surface area (Å²) in [6.45, 7) is 1.74. The zero-order valence-electron chi connectivity index (χ0n) is 11.3. The molecular formula is C13H10F2N6O. The maximum Gasteiger partial charge on any atom is 0.249 e. The van der Waals surface area contributed by atoms with E-state index < -0.39 is 11.6 Å². The molecule has 0 radical (unpaired) electrons. The molecule has 2 aromatic heterocycles. The highest BCUT2D eigenvalue weighted by Gasteiger charge is 2.11. The molecule has 0 aliphatic carbocycles. The number of hydrogen-bond acceptors (Lipinski definition) is 7. The van der Waals surface area contributed by atoms with Gasteiger partial charge in [0, 0.05) is 6.07 Å². The number of para-hydroxylation sites is 1. The van der Waals surface area contributed by atoms with Crippen LogP contribution in [0.2, 0.25) is 0 Å². The lowest BCUT2D eigenvalue weighted by Crippen LogP contribution is -2.04. The van der Waals surface area contributed by atoms with Crippen molar-refractivity contribution in [3.8, 4) is 0 Å². The molecule has 112 valence electrons. The third-order valence-electron chi connectivity index (χ3n) is 2.64. The Morgan fingerprint density at radius 3 is 2.55 bits per heavy atom. The standard InChI is InChI=1S/C13H10F2N6O/c1-7-5-10(21-22-7)17-11-6-16-20-13(18-11)19-12-8(14)3-2-4-9(12)15/h2-6H,1H3,(H2,17,18,19,20,21). The van der Waals surface area contributed by atoms with Gasteiger partial charge in [-0.1, -0.05) is 11.2 Å². The number of aromatic nitrogens is 4. The molecule has 0 atom stereocenters. The second-order valence-electron chi connectivity index (χ2n) is 4.33. The minimum absolute atomic E-state index is 0.0609. The molecule has 3 rings (SSSR count). The minimum Gasteiger partial charge on any atom is -0.360 e. The van der Waals surface area contributed by atoms with Gasteiger partial charge in [0.25, 0.3) is 0 Å². The number of nitrogens with zero attached hydrogens (tertiary/aromatic N) is 4. The smallest absolute Gasteiger partial charge is 0.249 e. The molecule has 0 amide bonds. The molecule has 0 bridgehead atoms. The summed E-state index contributed by atoms with van der Waals surface area (Å²) in [5.41, 5.74) is -0.348. The molecule has 0 aliphatic rings. The number of hydrogen-bond donors (Lipinski definition) is 2. The van der Waals surface area contributed by atoms with Gasteiger partial charge in [-0.25, -0.2) is 8.78 Å². The maximum atomic E-state index is 13.6. The summed E-state index contributed by atoms with van der Waals surface area (Å²) in [5, 5.41) is 16.4. The van der Waals surface area contributed by atoms with Crippen molar-refractivity contribution < 1.29 is 13.3 Å². The molecule has 3 aromatic rings. The molecule has 0 aliphatic heterocycles. The summed E-state index contributed by atoms with van der Waals surface area (Å²) in [5.74, 6) is -0.225. The Labute approximate surface area is 123 Å². The van der Waals surface area contributed by atoms with E-state index in [4.69, 9.17) is 4.52 Å². The molecule has 9 heteroatoms. The number of benzene rings is 1. The van der Waals surface area contributed by atoms with Crippen LogP contribution in [0.15, 0.2) is 35.0 Å². The average molecular weight is 304 g/mol. The number of nitrogens with one attached hydrogen (secondary N) is 2. The topological polar surface area (TPSA) is 88.8 Å². The fraction of sp³-hybridized carbons (Fsp3) is 0.0769. The molecule has 1 aromatic carbocycles. The van der Waals surface area contributed by atoms with Crippen LogP contribution in [-0.2, 0) is 0 Å². The van der Waals surface area contributed by atoms with Crippen molar-refractivity contribution in [1.29, 1.82) is 0 Å². The summed E-state index contributed by atoms with van der Waals surface area (Å²) >= 11 is 0. The van der Waals surface area contributed by atoms with Crippen molar-refractivity contribution in [3.63, 3.8) is 0 Å². The average Bonchev–Trinajstić information content (AvgIpc) is 2.89. The van der Waals surface area contributed by atoms with Crippen LogP contribution < -0.4 is 10.6 Å². The Hall–Kier alpha value is -3.10. The van der Waals surface area contributed by atoms with Gasteiger partial charge in [0.1, 0.15) is 23.1 Å². The van der Waals surface area contributed by atoms with Crippen LogP contribution in [0.4, 0.5) is 32.1 Å². The third-order valence-corrected chi connectivity index (χ3v) is 2.64. The molecule has 22 heavy (non-hydrogen) atoms. The van der Waals surface area contributed by atoms with E-state index in [1.54, 1.807) is 13.0 Å². The molecule has 0 fully saturated rings. The van der Waals surface area contributed by atoms with Gasteiger partial charge in [-0.15, -0.1) is 5.10 Å². The first-order chi connectivity index (χ1) is 10.6. The van der Waals surface area contributed by atoms with Gasteiger partial charge < -0.3 is 15.2 Å². The Morgan fingerprint density at radius 1 is 1.09 bits per heavy atom. The molecule has 2 heterocycles. The highest BCUT2D eigenvalue weighted by molar-refractivity contribution is 5.57. The summed E-state index contributed by atoms with van der Waals surface area (Å²) in [6, 6.07) is 5.17. The van der Waals surface area contributed by atoms with Crippen LogP contribution in [0, 0.1) is 18.6 Å². The molecule has 0 spiro atoms. The summed E-state index contributed by atoms with van der Waals surface area (Å²) in [7, 11) is 0. The Morgan fingerprint density at radius 2 is 1.86 bits per heavy atom. The first kappa shape index (κ1) is 13.9. The normalized spacial score (nSPS) is 10.5. The first-order valence-electron chi connectivity index (χ1n) is 6.23. The van der Waals surface area contributed by atoms with Gasteiger partial charge in [0.05, 0.1) is 6.20 Å². The minimum atomic E-state index is -0.755. The largest absolute Gasteiger partial charge is 0.360 e. The lowest BCUT2D eigenvalue weighted by atomic mass is 10.3. The van der Waals surface area contributed by atoms with E-state index >= 15 is 0 Å². The first-order valence-corrected chi connectivity index (χ1v) is 6.23. The van der Waals surface area contributed by atoms with Crippen LogP contribution in [-0.4, -0.2) is 20.3 Å². The number of aryl methyl sites for hydroxylation is 1. The quantitative estimate of drug-likeness (QED) is 0.766. The predicted octanol–water partition coefficient (Wildman–Crippen LogP) is 2.93. The van der Waals surface area contributed by atoms with Crippen molar-refractivity contribution in [2.75, 3.05) is 10.6 Å². The number of rotatable bonds is 4. The van der Waals surface area contributed by atoms with E-state index in [1.807, 2.05) is 0 Å². The highest BCUT2D eigenvalue weighted by atomic mass is 19.1. The van der Waals surface area contributed by atoms with E-state index in [0.717, 1.165) is 12.1 Å². The lowest BCUT2D eigenvalue weighted by molar-refractivity contribution is 0.400. The lowest BCUT2D eigenvalue weighted by Gasteiger charge is -2.07. The fourth-order valence-electron chi connectivity index (χ4n) is 1.70. The summed E-state index contributed by atoms with van der Waals surface area (Å²) < 4.78 is 32.0. The monoisotopic (exact) mass is 304 g/mol. The van der Waals surface area contributed by atoms with Crippen molar-refractivity contribution in [2.24, 2.45) is 0 Å². The van der Waals surface area contributed by atoms with Gasteiger partial charge in [-0.3, -0.25) is 0 Å². The van der Waals surface area contributed by atoms with Crippen molar-refractivity contribution in [3.05, 3.63) is 47.9 Å². The predicted molar refractivity (Wildman–Crippen MR) is 74.0 cm³/mol. The van der Waals surface area contributed by atoms with Crippen molar-refractivity contribution in [1.82, 2.24) is 20.3 Å². The van der Waals surface area contributed by atoms with Gasteiger partial charge in [0.2, 0.25) is 5.95 Å². The van der Waals surface area contributed by atoms with Crippen molar-refractivity contribution in [2.45, 2.75) is 6.92 Å². The highest BCUT2D eigenvalue weighted by Crippen LogP contribution is 2.21. The van der Waals surface area contributed by atoms with Crippen LogP contribution in [0.1, 0.15) is 5.76 Å². The van der Waals surface area contributed by atoms with E-state index in [0.29, 0.717) is 17.4 Å². The van der Waals surface area contributed by atoms with Crippen LogP contribution in [0.25, 0.3) is 0 Å². The Bertz CT molecular complexity index is 786. The van der Waals surface area contributed by atoms with Gasteiger partial charge >= 0.3 is 0 Å². The Kier molecular flexibility index (Phi) is 3.60. The molecule has 0 saturated heterocycles. The van der Waals surface area contributed by atoms with E-state index in [1.165, 1.54) is 12.3 Å². The van der Waals surface area contributed by atoms with E-state index in [9.17, 15) is 8.78 Å². The molecule has 0 saturated carbocycles. The van der Waals surface area contributed by atoms with Gasteiger partial charge in [-0.05, 0) is 19.1 Å². The van der Waals surface area contributed by atoms with Crippen LogP contribution >= 0.6 is 0 Å². The van der Waals surface area contributed by atoms with E-state index in [-0.39, 0.29) is 11.6 Å². The third kappa shape index (κ3) is 2.97. The second kappa shape index (κ2) is 5.72. The summed E-state index contributed by atoms with van der Waals surface area (Å²) in [4.78, 5) is 4.04. The molecule has 7 nitrogen and oxygen atoms in total. The zero-order chi connectivity index (χ0) is 15.5. The Balaban J connectivity index is 1.82. The van der Waals surface area contributed by atoms with Gasteiger partial charge in [0.15, 0.2) is 11.6 Å². The maximum absolute atomic E-state index is 13.6. The second-order valence-corrected chi connectivity index (χ2v) is 4.33.